The van der Waals surface area contributed by atoms with Crippen molar-refractivity contribution in [2.24, 2.45) is 10.1 Å². The van der Waals surface area contributed by atoms with Gasteiger partial charge in [0.05, 0.1) is 6.26 Å². The van der Waals surface area contributed by atoms with E-state index in [4.69, 9.17) is 4.42 Å². The van der Waals surface area contributed by atoms with Gasteiger partial charge in [-0.15, -0.1) is 11.3 Å². The highest BCUT2D eigenvalue weighted by Crippen LogP contribution is 2.14. The van der Waals surface area contributed by atoms with Crippen molar-refractivity contribution < 1.29 is 4.42 Å². The van der Waals surface area contributed by atoms with Crippen molar-refractivity contribution in [3.8, 4) is 0 Å². The zero-order valence-electron chi connectivity index (χ0n) is 10.2. The predicted octanol–water partition coefficient (Wildman–Crippen LogP) is 2.98. The molecule has 0 fully saturated rings. The molecule has 0 atom stereocenters. The highest BCUT2D eigenvalue weighted by molar-refractivity contribution is 8.14. The van der Waals surface area contributed by atoms with Gasteiger partial charge in [-0.3, -0.25) is 10.4 Å². The molecule has 2 aromatic rings. The quantitative estimate of drug-likeness (QED) is 0.942. The van der Waals surface area contributed by atoms with E-state index in [1.54, 1.807) is 29.4 Å². The first-order chi connectivity index (χ1) is 9.42. The summed E-state index contributed by atoms with van der Waals surface area (Å²) < 4.78 is 5.32. The summed E-state index contributed by atoms with van der Waals surface area (Å²) in [6, 6.07) is 7.99. The molecule has 6 heteroatoms. The van der Waals surface area contributed by atoms with Crippen LogP contribution in [0.15, 0.2) is 50.4 Å². The van der Waals surface area contributed by atoms with Crippen molar-refractivity contribution in [2.45, 2.75) is 6.42 Å². The molecule has 0 bridgehead atoms. The Kier molecular flexibility index (Phi) is 4.00. The molecule has 4 nitrogen and oxygen atoms in total. The number of hydrogen-bond donors (Lipinski definition) is 1. The molecule has 0 saturated carbocycles. The van der Waals surface area contributed by atoms with E-state index >= 15 is 0 Å². The Labute approximate surface area is 119 Å². The maximum atomic E-state index is 5.32. The summed E-state index contributed by atoms with van der Waals surface area (Å²) in [4.78, 5) is 5.88. The molecular formula is C13H13N3OS2. The summed E-state index contributed by atoms with van der Waals surface area (Å²) in [7, 11) is 0. The molecule has 0 amide bonds. The van der Waals surface area contributed by atoms with Crippen molar-refractivity contribution in [1.82, 2.24) is 5.43 Å². The third-order valence-corrected chi connectivity index (χ3v) is 4.48. The van der Waals surface area contributed by atoms with Crippen molar-refractivity contribution in [3.63, 3.8) is 0 Å². The first kappa shape index (κ1) is 12.5. The summed E-state index contributed by atoms with van der Waals surface area (Å²) in [5, 5.41) is 7.27. The Morgan fingerprint density at radius 2 is 2.37 bits per heavy atom. The van der Waals surface area contributed by atoms with Gasteiger partial charge in [-0.25, -0.2) is 0 Å². The Morgan fingerprint density at radius 3 is 3.05 bits per heavy atom. The molecule has 0 saturated heterocycles. The van der Waals surface area contributed by atoms with Gasteiger partial charge < -0.3 is 4.42 Å². The average Bonchev–Trinajstić information content (AvgIpc) is 3.13. The molecular weight excluding hydrogens is 278 g/mol. The summed E-state index contributed by atoms with van der Waals surface area (Å²) in [5.41, 5.74) is 3.91. The second kappa shape index (κ2) is 6.08. The van der Waals surface area contributed by atoms with Gasteiger partial charge in [0.1, 0.15) is 5.71 Å². The minimum absolute atomic E-state index is 0.790. The van der Waals surface area contributed by atoms with Gasteiger partial charge in [0, 0.05) is 23.6 Å². The highest BCUT2D eigenvalue weighted by Gasteiger charge is 2.14. The number of amidine groups is 1. The molecule has 2 aromatic heterocycles. The number of hydrogen-bond acceptors (Lipinski definition) is 5. The number of thiophene rings is 1. The van der Waals surface area contributed by atoms with E-state index < -0.39 is 0 Å². The van der Waals surface area contributed by atoms with Crippen molar-refractivity contribution >= 4 is 34.0 Å². The van der Waals surface area contributed by atoms with Crippen LogP contribution in [0.3, 0.4) is 0 Å². The fraction of sp³-hybridized carbons (Fsp3) is 0.231. The lowest BCUT2D eigenvalue weighted by atomic mass is 10.3. The zero-order valence-corrected chi connectivity index (χ0v) is 11.8. The second-order valence-electron chi connectivity index (χ2n) is 3.95. The van der Waals surface area contributed by atoms with Crippen LogP contribution in [0.1, 0.15) is 10.6 Å². The average molecular weight is 291 g/mol. The number of nitrogens with one attached hydrogen (secondary N) is 1. The van der Waals surface area contributed by atoms with Crippen LogP contribution in [0, 0.1) is 0 Å². The monoisotopic (exact) mass is 291 g/mol. The third-order valence-electron chi connectivity index (χ3n) is 2.63. The second-order valence-corrected chi connectivity index (χ2v) is 5.95. The number of rotatable bonds is 4. The van der Waals surface area contributed by atoms with Crippen LogP contribution in [0.2, 0.25) is 0 Å². The molecule has 19 heavy (non-hydrogen) atoms. The van der Waals surface area contributed by atoms with Crippen LogP contribution in [-0.2, 0) is 6.42 Å². The summed E-state index contributed by atoms with van der Waals surface area (Å²) in [6.07, 6.45) is 2.64. The normalized spacial score (nSPS) is 17.3. The van der Waals surface area contributed by atoms with Gasteiger partial charge >= 0.3 is 0 Å². The molecule has 98 valence electrons. The van der Waals surface area contributed by atoms with Crippen molar-refractivity contribution in [2.75, 3.05) is 12.3 Å². The number of thioether (sulfide) groups is 1. The Bertz CT molecular complexity index is 573. The third kappa shape index (κ3) is 3.27. The molecule has 1 N–H and O–H groups in total. The van der Waals surface area contributed by atoms with Gasteiger partial charge in [-0.2, -0.15) is 5.10 Å². The van der Waals surface area contributed by atoms with E-state index in [2.05, 4.69) is 33.0 Å². The number of furan rings is 1. The van der Waals surface area contributed by atoms with E-state index in [9.17, 15) is 0 Å². The van der Waals surface area contributed by atoms with Crippen LogP contribution < -0.4 is 5.43 Å². The minimum Gasteiger partial charge on any atom is -0.463 e. The topological polar surface area (TPSA) is 49.9 Å². The standard InChI is InChI=1S/C13H13N3OS2/c1-4-12(17-7-1)11-9-19-13(16-15-11)14-6-5-10-3-2-8-18-10/h1-4,7-8H,5-6,9H2,(H,14,16). The van der Waals surface area contributed by atoms with Crippen LogP contribution in [0.25, 0.3) is 0 Å². The number of hydrazone groups is 1. The zero-order chi connectivity index (χ0) is 12.9. The summed E-state index contributed by atoms with van der Waals surface area (Å²) >= 11 is 3.43. The predicted molar refractivity (Wildman–Crippen MR) is 81.2 cm³/mol. The van der Waals surface area contributed by atoms with E-state index in [0.717, 1.165) is 35.4 Å². The molecule has 0 aliphatic carbocycles. The largest absolute Gasteiger partial charge is 0.463 e. The smallest absolute Gasteiger partial charge is 0.177 e. The summed E-state index contributed by atoms with van der Waals surface area (Å²) in [5.74, 6) is 1.61. The van der Waals surface area contributed by atoms with E-state index in [1.807, 2.05) is 12.1 Å². The summed E-state index contributed by atoms with van der Waals surface area (Å²) in [6.45, 7) is 0.793. The maximum Gasteiger partial charge on any atom is 0.177 e. The molecule has 1 aliphatic rings. The Morgan fingerprint density at radius 1 is 1.37 bits per heavy atom. The lowest BCUT2D eigenvalue weighted by Gasteiger charge is -2.12. The molecule has 3 rings (SSSR count). The Hall–Kier alpha value is -1.53. The first-order valence-electron chi connectivity index (χ1n) is 5.98. The fourth-order valence-corrected chi connectivity index (χ4v) is 3.16. The Balaban J connectivity index is 1.54. The van der Waals surface area contributed by atoms with Crippen molar-refractivity contribution in [3.05, 3.63) is 46.5 Å². The van der Waals surface area contributed by atoms with Gasteiger partial charge in [0.15, 0.2) is 10.9 Å². The van der Waals surface area contributed by atoms with Crippen LogP contribution in [-0.4, -0.2) is 23.2 Å². The van der Waals surface area contributed by atoms with E-state index in [1.165, 1.54) is 4.88 Å². The van der Waals surface area contributed by atoms with E-state index in [0.29, 0.717) is 0 Å². The first-order valence-corrected chi connectivity index (χ1v) is 7.84. The van der Waals surface area contributed by atoms with Gasteiger partial charge in [0.25, 0.3) is 0 Å². The molecule has 0 unspecified atom stereocenters. The minimum atomic E-state index is 0.790. The molecule has 0 spiro atoms. The van der Waals surface area contributed by atoms with Crippen LogP contribution in [0.4, 0.5) is 0 Å². The molecule has 0 radical (unpaired) electrons. The number of aliphatic imine (C=N–C) groups is 1. The lowest BCUT2D eigenvalue weighted by Crippen LogP contribution is -2.25. The van der Waals surface area contributed by atoms with Gasteiger partial charge in [-0.05, 0) is 23.6 Å². The number of nitrogens with zero attached hydrogens (tertiary/aromatic N) is 2. The van der Waals surface area contributed by atoms with Gasteiger partial charge in [0.2, 0.25) is 0 Å². The fourth-order valence-electron chi connectivity index (χ4n) is 1.69. The van der Waals surface area contributed by atoms with Crippen molar-refractivity contribution in [1.29, 1.82) is 0 Å². The molecule has 0 aromatic carbocycles. The maximum absolute atomic E-state index is 5.32. The van der Waals surface area contributed by atoms with Gasteiger partial charge in [-0.1, -0.05) is 17.8 Å². The molecule has 1 aliphatic heterocycles. The van der Waals surface area contributed by atoms with Crippen LogP contribution in [0.5, 0.6) is 0 Å². The van der Waals surface area contributed by atoms with E-state index in [-0.39, 0.29) is 0 Å². The van der Waals surface area contributed by atoms with Crippen LogP contribution >= 0.6 is 23.1 Å². The highest BCUT2D eigenvalue weighted by atomic mass is 32.2. The molecule has 3 heterocycles. The lowest BCUT2D eigenvalue weighted by molar-refractivity contribution is 0.556. The SMILES string of the molecule is c1coc(C2=NNC(=NCCc3cccs3)SC2)c1.